The van der Waals surface area contributed by atoms with E-state index in [1.165, 1.54) is 6.92 Å². The van der Waals surface area contributed by atoms with Crippen molar-refractivity contribution in [2.75, 3.05) is 58.5 Å². The average Bonchev–Trinajstić information content (AvgIpc) is 2.77. The first-order chi connectivity index (χ1) is 15.5. The van der Waals surface area contributed by atoms with Gasteiger partial charge in [0.25, 0.3) is 0 Å². The molecule has 0 radical (unpaired) electrons. The number of hydrogen-bond donors (Lipinski definition) is 1. The Morgan fingerprint density at radius 1 is 0.844 bits per heavy atom. The molecule has 1 fully saturated rings. The van der Waals surface area contributed by atoms with E-state index in [-0.39, 0.29) is 44.0 Å². The number of alkyl carbamates (subject to hydrolysis) is 1. The standard InChI is InChI=1S/C22H39NO8S/c1-3-32-20-7-5-19(6-8-20)31-22(26)23-10-11-27-12-13-28-14-15-29-16-17-30-21(25)9-4-18(2)24/h19-20H,3-17H2,1-2H3,(H,23,26). The smallest absolute Gasteiger partial charge is 0.407 e. The minimum Gasteiger partial charge on any atom is -0.463 e. The number of carbonyl (C=O) groups is 3. The molecular weight excluding hydrogens is 438 g/mol. The lowest BCUT2D eigenvalue weighted by atomic mass is 9.97. The highest BCUT2D eigenvalue weighted by Crippen LogP contribution is 2.29. The van der Waals surface area contributed by atoms with Gasteiger partial charge in [0, 0.05) is 18.2 Å². The van der Waals surface area contributed by atoms with Gasteiger partial charge in [0.2, 0.25) is 0 Å². The molecule has 0 saturated heterocycles. The highest BCUT2D eigenvalue weighted by molar-refractivity contribution is 7.99. The molecule has 0 aromatic rings. The molecule has 0 unspecified atom stereocenters. The topological polar surface area (TPSA) is 109 Å². The van der Waals surface area contributed by atoms with Crippen LogP contribution in [0.15, 0.2) is 0 Å². The molecule has 9 nitrogen and oxygen atoms in total. The molecule has 0 aromatic heterocycles. The third kappa shape index (κ3) is 16.3. The predicted molar refractivity (Wildman–Crippen MR) is 122 cm³/mol. The van der Waals surface area contributed by atoms with Gasteiger partial charge in [0.15, 0.2) is 0 Å². The highest BCUT2D eigenvalue weighted by Gasteiger charge is 2.23. The van der Waals surface area contributed by atoms with E-state index in [1.54, 1.807) is 0 Å². The van der Waals surface area contributed by atoms with Crippen LogP contribution in [0.4, 0.5) is 4.79 Å². The normalized spacial score (nSPS) is 18.2. The van der Waals surface area contributed by atoms with E-state index in [0.29, 0.717) is 44.8 Å². The maximum atomic E-state index is 11.8. The minimum atomic E-state index is -0.395. The molecule has 0 aromatic carbocycles. The molecule has 186 valence electrons. The largest absolute Gasteiger partial charge is 0.463 e. The maximum absolute atomic E-state index is 11.8. The van der Waals surface area contributed by atoms with Crippen LogP contribution >= 0.6 is 11.8 Å². The number of ether oxygens (including phenoxy) is 5. The molecule has 1 rings (SSSR count). The quantitative estimate of drug-likeness (QED) is 0.235. The molecule has 10 heteroatoms. The van der Waals surface area contributed by atoms with Crippen LogP contribution in [-0.4, -0.2) is 87.7 Å². The second-order valence-electron chi connectivity index (χ2n) is 7.45. The number of rotatable bonds is 18. The third-order valence-electron chi connectivity index (χ3n) is 4.73. The molecule has 0 spiro atoms. The fourth-order valence-corrected chi connectivity index (χ4v) is 4.15. The summed E-state index contributed by atoms with van der Waals surface area (Å²) in [6, 6.07) is 0. The first kappa shape index (κ1) is 28.7. The lowest BCUT2D eigenvalue weighted by Crippen LogP contribution is -2.33. The lowest BCUT2D eigenvalue weighted by molar-refractivity contribution is -0.146. The van der Waals surface area contributed by atoms with E-state index in [9.17, 15) is 14.4 Å². The molecule has 32 heavy (non-hydrogen) atoms. The zero-order valence-corrected chi connectivity index (χ0v) is 20.3. The van der Waals surface area contributed by atoms with Crippen LogP contribution in [0.1, 0.15) is 52.4 Å². The van der Waals surface area contributed by atoms with Gasteiger partial charge in [-0.25, -0.2) is 4.79 Å². The Bertz CT molecular complexity index is 526. The van der Waals surface area contributed by atoms with E-state index >= 15 is 0 Å². The van der Waals surface area contributed by atoms with Crippen molar-refractivity contribution in [3.63, 3.8) is 0 Å². The summed E-state index contributed by atoms with van der Waals surface area (Å²) in [5, 5.41) is 3.42. The summed E-state index contributed by atoms with van der Waals surface area (Å²) in [5.41, 5.74) is 0. The number of hydrogen-bond acceptors (Lipinski definition) is 9. The van der Waals surface area contributed by atoms with Gasteiger partial charge in [-0.3, -0.25) is 4.79 Å². The van der Waals surface area contributed by atoms with Crippen LogP contribution in [0.25, 0.3) is 0 Å². The Balaban J connectivity index is 1.81. The summed E-state index contributed by atoms with van der Waals surface area (Å²) in [5.74, 6) is 0.708. The van der Waals surface area contributed by atoms with Crippen molar-refractivity contribution in [3.05, 3.63) is 0 Å². The second-order valence-corrected chi connectivity index (χ2v) is 9.02. The fourth-order valence-electron chi connectivity index (χ4n) is 3.08. The molecule has 0 heterocycles. The van der Waals surface area contributed by atoms with Crippen molar-refractivity contribution in [1.29, 1.82) is 0 Å². The molecule has 1 aliphatic rings. The van der Waals surface area contributed by atoms with Crippen molar-refractivity contribution < 1.29 is 38.1 Å². The van der Waals surface area contributed by atoms with Crippen LogP contribution in [0.5, 0.6) is 0 Å². The molecule has 0 bridgehead atoms. The van der Waals surface area contributed by atoms with Crippen molar-refractivity contribution in [3.8, 4) is 0 Å². The zero-order chi connectivity index (χ0) is 23.4. The summed E-state index contributed by atoms with van der Waals surface area (Å²) < 4.78 is 26.5. The number of nitrogens with one attached hydrogen (secondary N) is 1. The monoisotopic (exact) mass is 477 g/mol. The van der Waals surface area contributed by atoms with Crippen LogP contribution in [0.3, 0.4) is 0 Å². The zero-order valence-electron chi connectivity index (χ0n) is 19.4. The number of thioether (sulfide) groups is 1. The van der Waals surface area contributed by atoms with Crippen molar-refractivity contribution in [2.24, 2.45) is 0 Å². The van der Waals surface area contributed by atoms with E-state index in [0.717, 1.165) is 31.4 Å². The van der Waals surface area contributed by atoms with Gasteiger partial charge < -0.3 is 33.8 Å². The predicted octanol–water partition coefficient (Wildman–Crippen LogP) is 2.74. The number of ketones is 1. The maximum Gasteiger partial charge on any atom is 0.407 e. The van der Waals surface area contributed by atoms with Crippen molar-refractivity contribution >= 4 is 29.6 Å². The Morgan fingerprint density at radius 3 is 2.03 bits per heavy atom. The van der Waals surface area contributed by atoms with Crippen LogP contribution < -0.4 is 5.32 Å². The van der Waals surface area contributed by atoms with Gasteiger partial charge in [-0.05, 0) is 38.4 Å². The van der Waals surface area contributed by atoms with Crippen LogP contribution in [0.2, 0.25) is 0 Å². The van der Waals surface area contributed by atoms with Gasteiger partial charge in [-0.2, -0.15) is 11.8 Å². The van der Waals surface area contributed by atoms with Gasteiger partial charge in [0.05, 0.1) is 46.1 Å². The average molecular weight is 478 g/mol. The summed E-state index contributed by atoms with van der Waals surface area (Å²) >= 11 is 1.99. The van der Waals surface area contributed by atoms with E-state index in [4.69, 9.17) is 23.7 Å². The fraction of sp³-hybridized carbons (Fsp3) is 0.864. The summed E-state index contributed by atoms with van der Waals surface area (Å²) in [6.07, 6.45) is 4.06. The summed E-state index contributed by atoms with van der Waals surface area (Å²) in [7, 11) is 0. The van der Waals surface area contributed by atoms with E-state index in [2.05, 4.69) is 12.2 Å². The van der Waals surface area contributed by atoms with Crippen molar-refractivity contribution in [1.82, 2.24) is 5.32 Å². The van der Waals surface area contributed by atoms with Gasteiger partial charge in [-0.1, -0.05) is 6.92 Å². The number of amides is 1. The molecule has 1 amide bonds. The first-order valence-electron chi connectivity index (χ1n) is 11.5. The molecule has 1 aliphatic carbocycles. The molecule has 1 saturated carbocycles. The first-order valence-corrected chi connectivity index (χ1v) is 12.5. The van der Waals surface area contributed by atoms with E-state index in [1.807, 2.05) is 11.8 Å². The Kier molecular flexibility index (Phi) is 17.2. The summed E-state index contributed by atoms with van der Waals surface area (Å²) in [4.78, 5) is 33.9. The van der Waals surface area contributed by atoms with E-state index < -0.39 is 5.97 Å². The van der Waals surface area contributed by atoms with Gasteiger partial charge >= 0.3 is 12.1 Å². The Hall–Kier alpha value is -1.36. The Morgan fingerprint density at radius 2 is 1.44 bits per heavy atom. The van der Waals surface area contributed by atoms with Gasteiger partial charge in [0.1, 0.15) is 18.5 Å². The Labute approximate surface area is 195 Å². The minimum absolute atomic E-state index is 0.0269. The van der Waals surface area contributed by atoms with Crippen LogP contribution in [0, 0.1) is 0 Å². The molecule has 0 atom stereocenters. The number of carbonyl (C=O) groups excluding carboxylic acids is 3. The van der Waals surface area contributed by atoms with Crippen LogP contribution in [-0.2, 0) is 33.3 Å². The third-order valence-corrected chi connectivity index (χ3v) is 6.01. The number of esters is 1. The molecular formula is C22H39NO8S. The lowest BCUT2D eigenvalue weighted by Gasteiger charge is -2.27. The molecule has 1 N–H and O–H groups in total. The summed E-state index contributed by atoms with van der Waals surface area (Å²) in [6.45, 7) is 6.49. The van der Waals surface area contributed by atoms with Crippen molar-refractivity contribution in [2.45, 2.75) is 63.7 Å². The number of Topliss-reactive ketones (excluding diaryl/α,β-unsaturated/α-hetero) is 1. The highest BCUT2D eigenvalue weighted by atomic mass is 32.2. The van der Waals surface area contributed by atoms with Gasteiger partial charge in [-0.15, -0.1) is 0 Å². The second kappa shape index (κ2) is 19.1. The molecule has 0 aliphatic heterocycles. The SMILES string of the molecule is CCSC1CCC(OC(=O)NCCOCCOCCOCCOC(=O)CCC(C)=O)CC1.